The van der Waals surface area contributed by atoms with E-state index in [0.717, 1.165) is 6.54 Å². The van der Waals surface area contributed by atoms with Gasteiger partial charge in [0.15, 0.2) is 0 Å². The van der Waals surface area contributed by atoms with Crippen molar-refractivity contribution in [2.24, 2.45) is 7.05 Å². The van der Waals surface area contributed by atoms with E-state index in [1.54, 1.807) is 0 Å². The maximum Gasteiger partial charge on any atom is 0.243 e. The van der Waals surface area contributed by atoms with E-state index in [0.29, 0.717) is 0 Å². The van der Waals surface area contributed by atoms with E-state index in [1.807, 2.05) is 0 Å². The molecule has 3 aromatic rings. The minimum absolute atomic E-state index is 0. The normalized spacial score (nSPS) is 13.8. The molecule has 0 radical (unpaired) electrons. The molecular formula is C22H25BrN2. The van der Waals surface area contributed by atoms with Crippen molar-refractivity contribution >= 4 is 0 Å². The van der Waals surface area contributed by atoms with Gasteiger partial charge in [-0.25, -0.2) is 9.13 Å². The molecule has 0 N–H and O–H groups in total. The monoisotopic (exact) mass is 396 g/mol. The van der Waals surface area contributed by atoms with Crippen LogP contribution in [0, 0.1) is 0 Å². The van der Waals surface area contributed by atoms with Crippen LogP contribution in [0.2, 0.25) is 0 Å². The molecule has 3 heteroatoms. The number of nitrogens with zero attached hydrogens (tertiary/aromatic N) is 2. The second kappa shape index (κ2) is 7.17. The molecule has 1 aromatic heterocycles. The Balaban J connectivity index is 0.00000182. The number of hydrogen-bond donors (Lipinski definition) is 0. The van der Waals surface area contributed by atoms with Gasteiger partial charge in [0.25, 0.3) is 0 Å². The number of halogens is 1. The highest BCUT2D eigenvalue weighted by Gasteiger charge is 2.38. The van der Waals surface area contributed by atoms with E-state index in [4.69, 9.17) is 0 Å². The van der Waals surface area contributed by atoms with Gasteiger partial charge in [-0.1, -0.05) is 55.5 Å². The van der Waals surface area contributed by atoms with Crippen molar-refractivity contribution in [3.63, 3.8) is 0 Å². The molecule has 130 valence electrons. The number of aromatic nitrogens is 2. The molecule has 0 aliphatic heterocycles. The van der Waals surface area contributed by atoms with Gasteiger partial charge in [-0.05, 0) is 41.5 Å². The van der Waals surface area contributed by atoms with Crippen LogP contribution in [0.15, 0.2) is 67.3 Å². The molecular weight excluding hydrogens is 372 g/mol. The fourth-order valence-corrected chi connectivity index (χ4v) is 4.22. The molecule has 0 saturated carbocycles. The maximum atomic E-state index is 2.42. The zero-order chi connectivity index (χ0) is 16.6. The Labute approximate surface area is 160 Å². The standard InChI is InChI=1S/C22H25N2.BrH/c1-22(13-7-8-14-24-16-15-23(2)17-24)20-11-5-3-9-18(20)19-10-4-6-12-21(19)22;/h3-6,9-12,15-17H,7-8,13-14H2,1-2H3;1H/q+1;/p-1. The molecule has 1 aliphatic rings. The smallest absolute Gasteiger partial charge is 0.243 e. The van der Waals surface area contributed by atoms with Gasteiger partial charge in [-0.2, -0.15) is 0 Å². The summed E-state index contributed by atoms with van der Waals surface area (Å²) in [4.78, 5) is 0. The zero-order valence-corrected chi connectivity index (χ0v) is 16.5. The van der Waals surface area contributed by atoms with Crippen molar-refractivity contribution in [3.05, 3.63) is 78.4 Å². The second-order valence-corrected chi connectivity index (χ2v) is 7.20. The summed E-state index contributed by atoms with van der Waals surface area (Å²) >= 11 is 0. The van der Waals surface area contributed by atoms with Crippen LogP contribution in [0.5, 0.6) is 0 Å². The minimum atomic E-state index is 0. The molecule has 0 bridgehead atoms. The highest BCUT2D eigenvalue weighted by atomic mass is 79.9. The Bertz CT molecular complexity index is 820. The van der Waals surface area contributed by atoms with Gasteiger partial charge in [0.2, 0.25) is 6.33 Å². The summed E-state index contributed by atoms with van der Waals surface area (Å²) in [6, 6.07) is 17.9. The summed E-state index contributed by atoms with van der Waals surface area (Å²) in [5, 5.41) is 0. The number of rotatable bonds is 5. The van der Waals surface area contributed by atoms with Gasteiger partial charge in [-0.3, -0.25) is 0 Å². The SMILES string of the molecule is C[n+]1ccn(CCCCC2(C)c3ccccc3-c3ccccc32)c1.[Br-]. The number of benzene rings is 2. The number of aryl methyl sites for hydroxylation is 2. The number of hydrogen-bond acceptors (Lipinski definition) is 0. The third kappa shape index (κ3) is 3.18. The van der Waals surface area contributed by atoms with E-state index in [9.17, 15) is 0 Å². The fraction of sp³-hybridized carbons (Fsp3) is 0.318. The van der Waals surface area contributed by atoms with E-state index in [2.05, 4.69) is 90.4 Å². The lowest BCUT2D eigenvalue weighted by Crippen LogP contribution is -3.00. The quantitative estimate of drug-likeness (QED) is 0.456. The van der Waals surface area contributed by atoms with Crippen molar-refractivity contribution in [3.8, 4) is 11.1 Å². The molecule has 0 amide bonds. The van der Waals surface area contributed by atoms with Crippen LogP contribution < -0.4 is 21.5 Å². The zero-order valence-electron chi connectivity index (χ0n) is 15.0. The van der Waals surface area contributed by atoms with Gasteiger partial charge in [0.1, 0.15) is 12.4 Å². The number of imidazole rings is 1. The van der Waals surface area contributed by atoms with E-state index in [1.165, 1.54) is 41.5 Å². The van der Waals surface area contributed by atoms with Crippen LogP contribution in [-0.4, -0.2) is 4.57 Å². The van der Waals surface area contributed by atoms with Crippen LogP contribution in [0.4, 0.5) is 0 Å². The Kier molecular flexibility index (Phi) is 5.14. The van der Waals surface area contributed by atoms with Crippen molar-refractivity contribution in [1.29, 1.82) is 0 Å². The molecule has 0 unspecified atom stereocenters. The Morgan fingerprint density at radius 1 is 0.920 bits per heavy atom. The summed E-state index contributed by atoms with van der Waals surface area (Å²) < 4.78 is 4.38. The molecule has 1 aliphatic carbocycles. The predicted molar refractivity (Wildman–Crippen MR) is 97.8 cm³/mol. The first-order valence-electron chi connectivity index (χ1n) is 8.89. The van der Waals surface area contributed by atoms with E-state index >= 15 is 0 Å². The highest BCUT2D eigenvalue weighted by Crippen LogP contribution is 2.50. The van der Waals surface area contributed by atoms with Crippen LogP contribution in [0.3, 0.4) is 0 Å². The molecule has 0 spiro atoms. The molecule has 4 rings (SSSR count). The summed E-state index contributed by atoms with van der Waals surface area (Å²) in [5.41, 5.74) is 5.99. The second-order valence-electron chi connectivity index (χ2n) is 7.20. The van der Waals surface area contributed by atoms with Crippen molar-refractivity contribution in [2.45, 2.75) is 38.1 Å². The lowest BCUT2D eigenvalue weighted by molar-refractivity contribution is -0.671. The van der Waals surface area contributed by atoms with Crippen molar-refractivity contribution < 1.29 is 21.5 Å². The fourth-order valence-electron chi connectivity index (χ4n) is 4.22. The Morgan fingerprint density at radius 3 is 2.08 bits per heavy atom. The molecule has 0 fully saturated rings. The largest absolute Gasteiger partial charge is 1.00 e. The number of unbranched alkanes of at least 4 members (excludes halogenated alkanes) is 1. The highest BCUT2D eigenvalue weighted by molar-refractivity contribution is 5.80. The van der Waals surface area contributed by atoms with Crippen molar-refractivity contribution in [2.75, 3.05) is 0 Å². The topological polar surface area (TPSA) is 8.81 Å². The summed E-state index contributed by atoms with van der Waals surface area (Å²) in [6.07, 6.45) is 10.1. The van der Waals surface area contributed by atoms with Crippen molar-refractivity contribution in [1.82, 2.24) is 4.57 Å². The van der Waals surface area contributed by atoms with Gasteiger partial charge < -0.3 is 17.0 Å². The Hall–Kier alpha value is -1.87. The lowest BCUT2D eigenvalue weighted by Gasteiger charge is -2.27. The van der Waals surface area contributed by atoms with E-state index < -0.39 is 0 Å². The van der Waals surface area contributed by atoms with Gasteiger partial charge in [0, 0.05) is 5.41 Å². The van der Waals surface area contributed by atoms with Gasteiger partial charge in [0.05, 0.1) is 13.6 Å². The molecule has 0 atom stereocenters. The summed E-state index contributed by atoms with van der Waals surface area (Å²) in [6.45, 7) is 3.52. The predicted octanol–water partition coefficient (Wildman–Crippen LogP) is 1.47. The minimum Gasteiger partial charge on any atom is -1.00 e. The van der Waals surface area contributed by atoms with Crippen LogP contribution in [0.1, 0.15) is 37.3 Å². The van der Waals surface area contributed by atoms with Crippen LogP contribution in [-0.2, 0) is 19.0 Å². The third-order valence-electron chi connectivity index (χ3n) is 5.50. The average molecular weight is 397 g/mol. The first-order valence-corrected chi connectivity index (χ1v) is 8.89. The Morgan fingerprint density at radius 2 is 1.52 bits per heavy atom. The first-order chi connectivity index (χ1) is 11.7. The molecule has 0 saturated heterocycles. The lowest BCUT2D eigenvalue weighted by atomic mass is 9.76. The van der Waals surface area contributed by atoms with Crippen LogP contribution >= 0.6 is 0 Å². The van der Waals surface area contributed by atoms with Gasteiger partial charge >= 0.3 is 0 Å². The molecule has 2 aromatic carbocycles. The first kappa shape index (κ1) is 17.9. The van der Waals surface area contributed by atoms with Gasteiger partial charge in [-0.15, -0.1) is 0 Å². The summed E-state index contributed by atoms with van der Waals surface area (Å²) in [5.74, 6) is 0. The average Bonchev–Trinajstić information content (AvgIpc) is 3.13. The third-order valence-corrected chi connectivity index (χ3v) is 5.50. The van der Waals surface area contributed by atoms with E-state index in [-0.39, 0.29) is 22.4 Å². The number of fused-ring (bicyclic) bond motifs is 3. The maximum absolute atomic E-state index is 2.42. The molecule has 1 heterocycles. The van der Waals surface area contributed by atoms with Crippen LogP contribution in [0.25, 0.3) is 11.1 Å². The molecule has 2 nitrogen and oxygen atoms in total. The summed E-state index contributed by atoms with van der Waals surface area (Å²) in [7, 11) is 2.07. The molecule has 25 heavy (non-hydrogen) atoms.